The fraction of sp³-hybridized carbons (Fsp3) is 0.273. The quantitative estimate of drug-likeness (QED) is 0.385. The molecule has 132 valence electrons. The van der Waals surface area contributed by atoms with Crippen LogP contribution >= 0.6 is 62.3 Å². The molecule has 0 saturated carbocycles. The molecular weight excluding hydrogens is 479 g/mol. The van der Waals surface area contributed by atoms with Crippen molar-refractivity contribution >= 4 is 85.9 Å². The van der Waals surface area contributed by atoms with E-state index in [0.29, 0.717) is 0 Å². The van der Waals surface area contributed by atoms with Crippen LogP contribution in [0.25, 0.3) is 0 Å². The van der Waals surface area contributed by atoms with E-state index in [1.54, 1.807) is 5.32 Å². The summed E-state index contributed by atoms with van der Waals surface area (Å²) in [6.45, 7) is 1.50. The van der Waals surface area contributed by atoms with Gasteiger partial charge in [-0.1, -0.05) is 46.4 Å². The first kappa shape index (κ1) is 21.2. The molecule has 0 aliphatic rings. The average Bonchev–Trinajstić information content (AvgIpc) is 2.43. The molecule has 7 nitrogen and oxygen atoms in total. The van der Waals surface area contributed by atoms with Gasteiger partial charge in [0.2, 0.25) is 0 Å². The van der Waals surface area contributed by atoms with E-state index in [2.05, 4.69) is 20.9 Å². The van der Waals surface area contributed by atoms with Crippen molar-refractivity contribution in [3.8, 4) is 0 Å². The van der Waals surface area contributed by atoms with Gasteiger partial charge >= 0.3 is 12.0 Å². The number of carbonyl (C=O) groups is 3. The van der Waals surface area contributed by atoms with E-state index in [0.717, 1.165) is 0 Å². The number of ether oxygens (including phenoxy) is 1. The highest BCUT2D eigenvalue weighted by Gasteiger charge is 2.33. The summed E-state index contributed by atoms with van der Waals surface area (Å²) in [5, 5.41) is 2.94. The maximum absolute atomic E-state index is 14.1. The second kappa shape index (κ2) is 8.48. The average molecular weight is 486 g/mol. The molecular formula is C11H7BrCl4FN3O4. The zero-order valence-corrected chi connectivity index (χ0v) is 16.2. The monoisotopic (exact) mass is 483 g/mol. The third-order valence-corrected chi connectivity index (χ3v) is 3.60. The zero-order chi connectivity index (χ0) is 18.7. The highest BCUT2D eigenvalue weighted by Crippen LogP contribution is 2.31. The van der Waals surface area contributed by atoms with Crippen LogP contribution in [0.15, 0.2) is 4.60 Å². The number of amides is 3. The summed E-state index contributed by atoms with van der Waals surface area (Å²) in [6, 6.07) is -1.27. The summed E-state index contributed by atoms with van der Waals surface area (Å²) in [6.07, 6.45) is 0. The molecule has 1 aromatic rings. The van der Waals surface area contributed by atoms with Crippen molar-refractivity contribution in [2.75, 3.05) is 11.9 Å². The van der Waals surface area contributed by atoms with Gasteiger partial charge in [-0.25, -0.2) is 19.0 Å². The molecule has 0 saturated heterocycles. The first-order valence-corrected chi connectivity index (χ1v) is 8.20. The number of halogens is 6. The minimum Gasteiger partial charge on any atom is -0.462 e. The first-order chi connectivity index (χ1) is 11.0. The Kier molecular flexibility index (Phi) is 7.48. The van der Waals surface area contributed by atoms with Gasteiger partial charge in [-0.05, 0) is 22.9 Å². The fourth-order valence-corrected chi connectivity index (χ4v) is 2.29. The number of nitrogens with zero attached hydrogens (tertiary/aromatic N) is 1. The second-order valence-corrected chi connectivity index (χ2v) is 7.27. The largest absolute Gasteiger partial charge is 0.462 e. The lowest BCUT2D eigenvalue weighted by Crippen LogP contribution is -2.41. The molecule has 1 rings (SSSR count). The summed E-state index contributed by atoms with van der Waals surface area (Å²) >= 11 is 24.3. The molecule has 3 amide bonds. The van der Waals surface area contributed by atoms with Gasteiger partial charge < -0.3 is 10.1 Å². The van der Waals surface area contributed by atoms with Crippen LogP contribution < -0.4 is 10.6 Å². The minimum absolute atomic E-state index is 0.0209. The van der Waals surface area contributed by atoms with Crippen LogP contribution in [0.4, 0.5) is 14.9 Å². The normalized spacial score (nSPS) is 11.0. The molecule has 0 fully saturated rings. The number of hydrogen-bond donors (Lipinski definition) is 2. The highest BCUT2D eigenvalue weighted by atomic mass is 79.9. The van der Waals surface area contributed by atoms with Crippen molar-refractivity contribution in [1.82, 2.24) is 10.3 Å². The number of alkyl halides is 3. The summed E-state index contributed by atoms with van der Waals surface area (Å²) in [4.78, 5) is 38.6. The van der Waals surface area contributed by atoms with Gasteiger partial charge in [-0.2, -0.15) is 0 Å². The molecule has 0 aliphatic carbocycles. The van der Waals surface area contributed by atoms with E-state index in [1.165, 1.54) is 6.92 Å². The lowest BCUT2D eigenvalue weighted by molar-refractivity contribution is -0.119. The van der Waals surface area contributed by atoms with Gasteiger partial charge in [-0.3, -0.25) is 10.1 Å². The molecule has 0 spiro atoms. The van der Waals surface area contributed by atoms with Crippen LogP contribution in [0.5, 0.6) is 0 Å². The molecule has 13 heteroatoms. The van der Waals surface area contributed by atoms with Crippen molar-refractivity contribution in [2.45, 2.75) is 10.7 Å². The number of urea groups is 1. The maximum Gasteiger partial charge on any atom is 0.343 e. The Labute approximate surface area is 163 Å². The van der Waals surface area contributed by atoms with Gasteiger partial charge in [0.25, 0.3) is 9.70 Å². The maximum atomic E-state index is 14.1. The van der Waals surface area contributed by atoms with E-state index in [1.807, 2.05) is 5.32 Å². The molecule has 1 aromatic heterocycles. The van der Waals surface area contributed by atoms with E-state index < -0.39 is 43.9 Å². The number of aromatic nitrogens is 1. The number of esters is 1. The Hall–Kier alpha value is -0.870. The van der Waals surface area contributed by atoms with Gasteiger partial charge in [0.15, 0.2) is 11.0 Å². The lowest BCUT2D eigenvalue weighted by atomic mass is 10.2. The SMILES string of the molecule is CCOC(=O)c1c(Br)nc(Cl)c(F)c1NC(=O)NC(=O)C(Cl)(Cl)Cl. The van der Waals surface area contributed by atoms with E-state index >= 15 is 0 Å². The van der Waals surface area contributed by atoms with Crippen LogP contribution in [-0.4, -0.2) is 33.3 Å². The molecule has 1 heterocycles. The van der Waals surface area contributed by atoms with Gasteiger partial charge in [0, 0.05) is 0 Å². The smallest absolute Gasteiger partial charge is 0.343 e. The van der Waals surface area contributed by atoms with Gasteiger partial charge in [0.1, 0.15) is 10.2 Å². The number of anilines is 1. The zero-order valence-electron chi connectivity index (χ0n) is 11.6. The Bertz CT molecular complexity index is 699. The van der Waals surface area contributed by atoms with E-state index in [9.17, 15) is 18.8 Å². The lowest BCUT2D eigenvalue weighted by Gasteiger charge is -2.15. The van der Waals surface area contributed by atoms with Crippen LogP contribution in [0.2, 0.25) is 5.15 Å². The number of pyridine rings is 1. The molecule has 0 atom stereocenters. The number of rotatable bonds is 3. The number of carbonyl (C=O) groups excluding carboxylic acids is 3. The molecule has 0 radical (unpaired) electrons. The molecule has 24 heavy (non-hydrogen) atoms. The number of hydrogen-bond acceptors (Lipinski definition) is 5. The summed E-state index contributed by atoms with van der Waals surface area (Å²) < 4.78 is 16.3. The first-order valence-electron chi connectivity index (χ1n) is 5.89. The molecule has 0 unspecified atom stereocenters. The van der Waals surface area contributed by atoms with Crippen LogP contribution in [0.1, 0.15) is 17.3 Å². The topological polar surface area (TPSA) is 97.4 Å². The van der Waals surface area contributed by atoms with Crippen molar-refractivity contribution in [2.24, 2.45) is 0 Å². The Morgan fingerprint density at radius 1 is 1.33 bits per heavy atom. The number of imide groups is 1. The predicted octanol–water partition coefficient (Wildman–Crippen LogP) is 3.83. The summed E-state index contributed by atoms with van der Waals surface area (Å²) in [5.74, 6) is -3.50. The summed E-state index contributed by atoms with van der Waals surface area (Å²) in [5.41, 5.74) is -1.12. The molecule has 0 aromatic carbocycles. The second-order valence-electron chi connectivity index (χ2n) is 3.88. The third-order valence-electron chi connectivity index (χ3n) is 2.26. The predicted molar refractivity (Wildman–Crippen MR) is 90.3 cm³/mol. The minimum atomic E-state index is -2.42. The Morgan fingerprint density at radius 3 is 2.42 bits per heavy atom. The number of nitrogens with one attached hydrogen (secondary N) is 2. The van der Waals surface area contributed by atoms with Crippen molar-refractivity contribution < 1.29 is 23.5 Å². The third kappa shape index (κ3) is 5.32. The summed E-state index contributed by atoms with van der Waals surface area (Å²) in [7, 11) is 0. The van der Waals surface area contributed by atoms with Crippen LogP contribution in [0, 0.1) is 5.82 Å². The fourth-order valence-electron chi connectivity index (χ4n) is 1.33. The molecule has 0 bridgehead atoms. The molecule has 2 N–H and O–H groups in total. The van der Waals surface area contributed by atoms with E-state index in [-0.39, 0.29) is 11.2 Å². The van der Waals surface area contributed by atoms with Crippen molar-refractivity contribution in [1.29, 1.82) is 0 Å². The van der Waals surface area contributed by atoms with Crippen molar-refractivity contribution in [3.05, 3.63) is 21.1 Å². The Morgan fingerprint density at radius 2 is 1.92 bits per heavy atom. The van der Waals surface area contributed by atoms with Crippen molar-refractivity contribution in [3.63, 3.8) is 0 Å². The van der Waals surface area contributed by atoms with Gasteiger partial charge in [0.05, 0.1) is 12.3 Å². The Balaban J connectivity index is 3.20. The molecule has 0 aliphatic heterocycles. The van der Waals surface area contributed by atoms with Crippen LogP contribution in [0.3, 0.4) is 0 Å². The van der Waals surface area contributed by atoms with E-state index in [4.69, 9.17) is 51.1 Å². The highest BCUT2D eigenvalue weighted by molar-refractivity contribution is 9.10. The standard InChI is InChI=1S/C11H7BrCl4FN3O4/c1-2-24-8(21)3-5(4(17)7(13)19-6(3)12)18-10(23)20-9(22)11(14,15)16/h2H2,1H3,(H2,18,19,20,22,23). The van der Waals surface area contributed by atoms with Gasteiger partial charge in [-0.15, -0.1) is 0 Å². The van der Waals surface area contributed by atoms with Crippen LogP contribution in [-0.2, 0) is 9.53 Å².